The van der Waals surface area contributed by atoms with E-state index in [9.17, 15) is 0 Å². The van der Waals surface area contributed by atoms with Crippen LogP contribution in [0.5, 0.6) is 0 Å². The van der Waals surface area contributed by atoms with Crippen molar-refractivity contribution in [3.63, 3.8) is 0 Å². The van der Waals surface area contributed by atoms with E-state index in [1.54, 1.807) is 33.4 Å². The minimum Gasteiger partial charge on any atom is -0.0654 e. The van der Waals surface area contributed by atoms with Crippen molar-refractivity contribution < 1.29 is 0 Å². The predicted molar refractivity (Wildman–Crippen MR) is 309 cm³/mol. The first kappa shape index (κ1) is 52.2. The molecule has 0 heteroatoms. The van der Waals surface area contributed by atoms with Crippen LogP contribution in [0.2, 0.25) is 0 Å². The number of fused-ring (bicyclic) bond motifs is 10. The van der Waals surface area contributed by atoms with E-state index in [1.807, 2.05) is 0 Å². The van der Waals surface area contributed by atoms with E-state index in [1.165, 1.54) is 240 Å². The molecule has 0 aromatic heterocycles. The Balaban J connectivity index is 1.26. The molecular formula is C70H94. The predicted octanol–water partition coefficient (Wildman–Crippen LogP) is 22.0. The summed E-state index contributed by atoms with van der Waals surface area (Å²) in [5, 5.41) is 5.82. The third kappa shape index (κ3) is 11.1. The summed E-state index contributed by atoms with van der Waals surface area (Å²) in [6, 6.07) is 37.4. The fourth-order valence-electron chi connectivity index (χ4n) is 14.0. The van der Waals surface area contributed by atoms with E-state index >= 15 is 0 Å². The van der Waals surface area contributed by atoms with Crippen molar-refractivity contribution in [3.05, 3.63) is 141 Å². The van der Waals surface area contributed by atoms with Gasteiger partial charge in [-0.05, 0) is 141 Å². The first-order valence-electron chi connectivity index (χ1n) is 29.7. The highest BCUT2D eigenvalue weighted by molar-refractivity contribution is 6.05. The maximum absolute atomic E-state index is 2.79. The molecule has 0 amide bonds. The molecule has 0 nitrogen and oxygen atoms in total. The summed E-state index contributed by atoms with van der Waals surface area (Å²) in [6.07, 6.45) is 38.3. The van der Waals surface area contributed by atoms with Crippen LogP contribution in [-0.4, -0.2) is 0 Å². The van der Waals surface area contributed by atoms with Gasteiger partial charge in [0.1, 0.15) is 0 Å². The van der Waals surface area contributed by atoms with E-state index in [4.69, 9.17) is 0 Å². The van der Waals surface area contributed by atoms with E-state index in [0.717, 1.165) is 6.42 Å². The Morgan fingerprint density at radius 3 is 1.23 bits per heavy atom. The zero-order chi connectivity index (χ0) is 48.9. The van der Waals surface area contributed by atoms with E-state index in [-0.39, 0.29) is 10.8 Å². The zero-order valence-corrected chi connectivity index (χ0v) is 45.7. The van der Waals surface area contributed by atoms with Crippen molar-refractivity contribution in [2.75, 3.05) is 0 Å². The van der Waals surface area contributed by atoms with Crippen LogP contribution in [0.1, 0.15) is 258 Å². The SMILES string of the molecule is CCCCCCCCC1(CCCCCCCC)c2cc(Cc3cc4c(c5ccccc35)-c3ccc(C)cc3C4(CCCCCCCC)CCCCCCCC)c(C)cc2-c2c1cc(C)c1ccccc21. The smallest absolute Gasteiger partial charge is 0.0215 e. The Bertz CT molecular complexity index is 2600. The zero-order valence-electron chi connectivity index (χ0n) is 45.7. The summed E-state index contributed by atoms with van der Waals surface area (Å²) >= 11 is 0. The van der Waals surface area contributed by atoms with Gasteiger partial charge in [0.25, 0.3) is 0 Å². The number of aryl methyl sites for hydroxylation is 3. The van der Waals surface area contributed by atoms with Gasteiger partial charge in [-0.25, -0.2) is 0 Å². The summed E-state index contributed by atoms with van der Waals surface area (Å²) < 4.78 is 0. The van der Waals surface area contributed by atoms with Crippen LogP contribution < -0.4 is 0 Å². The second kappa shape index (κ2) is 25.0. The topological polar surface area (TPSA) is 0 Å². The van der Waals surface area contributed by atoms with Gasteiger partial charge in [0.15, 0.2) is 0 Å². The number of rotatable bonds is 30. The van der Waals surface area contributed by atoms with Crippen LogP contribution in [0.4, 0.5) is 0 Å². The number of unbranched alkanes of at least 4 members (excludes halogenated alkanes) is 20. The Hall–Kier alpha value is -4.16. The molecule has 0 radical (unpaired) electrons. The average Bonchev–Trinajstić information content (AvgIpc) is 3.78. The van der Waals surface area contributed by atoms with Crippen LogP contribution in [0.25, 0.3) is 43.8 Å². The molecule has 6 aromatic rings. The molecule has 70 heavy (non-hydrogen) atoms. The minimum atomic E-state index is 0.0420. The molecule has 0 unspecified atom stereocenters. The van der Waals surface area contributed by atoms with Crippen LogP contribution in [0.3, 0.4) is 0 Å². The quantitative estimate of drug-likeness (QED) is 0.0395. The molecule has 374 valence electrons. The molecule has 8 rings (SSSR count). The lowest BCUT2D eigenvalue weighted by Crippen LogP contribution is -2.26. The molecule has 0 aliphatic heterocycles. The molecule has 0 fully saturated rings. The highest BCUT2D eigenvalue weighted by Crippen LogP contribution is 2.59. The van der Waals surface area contributed by atoms with Crippen molar-refractivity contribution in [2.24, 2.45) is 0 Å². The van der Waals surface area contributed by atoms with E-state index in [0.29, 0.717) is 0 Å². The first-order chi connectivity index (χ1) is 34.3. The Morgan fingerprint density at radius 1 is 0.314 bits per heavy atom. The van der Waals surface area contributed by atoms with Crippen molar-refractivity contribution in [3.8, 4) is 22.3 Å². The molecule has 0 heterocycles. The van der Waals surface area contributed by atoms with Crippen LogP contribution in [0, 0.1) is 20.8 Å². The van der Waals surface area contributed by atoms with E-state index < -0.39 is 0 Å². The number of hydrogen-bond donors (Lipinski definition) is 0. The van der Waals surface area contributed by atoms with Gasteiger partial charge < -0.3 is 0 Å². The third-order valence-electron chi connectivity index (χ3n) is 17.8. The molecule has 2 aliphatic carbocycles. The molecule has 2 aliphatic rings. The second-order valence-electron chi connectivity index (χ2n) is 23.0. The number of benzene rings is 6. The van der Waals surface area contributed by atoms with Gasteiger partial charge in [-0.3, -0.25) is 0 Å². The Kier molecular flexibility index (Phi) is 18.6. The van der Waals surface area contributed by atoms with Crippen LogP contribution in [0.15, 0.2) is 91.0 Å². The summed E-state index contributed by atoms with van der Waals surface area (Å²) in [5.41, 5.74) is 20.2. The standard InChI is InChI=1S/C70H94/c1-8-12-16-20-24-32-42-69(43-33-25-21-17-13-9-2)63-46-52(5)40-41-61(63)67-60-39-31-29-37-58(60)56(51-66(67)69)49-55-50-64-62(47-53(55)6)68-59-38-30-28-36-57(59)54(7)48-65(68)70(64,44-34-26-22-18-14-10-3)45-35-27-23-19-15-11-4/h28-31,36-41,46-48,50-51H,8-27,32-35,42-45,49H2,1-7H3. The monoisotopic (exact) mass is 935 g/mol. The molecule has 6 aromatic carbocycles. The molecule has 0 saturated heterocycles. The van der Waals surface area contributed by atoms with Gasteiger partial charge in [0, 0.05) is 10.8 Å². The Morgan fingerprint density at radius 2 is 0.714 bits per heavy atom. The highest BCUT2D eigenvalue weighted by atomic mass is 14.5. The summed E-state index contributed by atoms with van der Waals surface area (Å²) in [6.45, 7) is 16.6. The summed E-state index contributed by atoms with van der Waals surface area (Å²) in [4.78, 5) is 0. The highest BCUT2D eigenvalue weighted by Gasteiger charge is 2.45. The lowest BCUT2D eigenvalue weighted by Gasteiger charge is -2.34. The Labute approximate surface area is 428 Å². The van der Waals surface area contributed by atoms with Gasteiger partial charge in [0.2, 0.25) is 0 Å². The normalized spacial score (nSPS) is 14.1. The lowest BCUT2D eigenvalue weighted by molar-refractivity contribution is 0.397. The fourth-order valence-corrected chi connectivity index (χ4v) is 14.0. The third-order valence-corrected chi connectivity index (χ3v) is 17.8. The molecule has 0 atom stereocenters. The van der Waals surface area contributed by atoms with Crippen molar-refractivity contribution in [1.29, 1.82) is 0 Å². The maximum atomic E-state index is 2.79. The van der Waals surface area contributed by atoms with Gasteiger partial charge in [0.05, 0.1) is 0 Å². The maximum Gasteiger partial charge on any atom is 0.0215 e. The molecular weight excluding hydrogens is 841 g/mol. The first-order valence-corrected chi connectivity index (χ1v) is 29.7. The molecule has 0 bridgehead atoms. The molecule has 0 N–H and O–H groups in total. The van der Waals surface area contributed by atoms with Crippen LogP contribution >= 0.6 is 0 Å². The second-order valence-corrected chi connectivity index (χ2v) is 23.0. The van der Waals surface area contributed by atoms with Crippen molar-refractivity contribution >= 4 is 21.5 Å². The van der Waals surface area contributed by atoms with Gasteiger partial charge in [-0.15, -0.1) is 0 Å². The lowest BCUT2D eigenvalue weighted by atomic mass is 9.69. The molecule has 0 spiro atoms. The fraction of sp³-hybridized carbons (Fsp3) is 0.543. The largest absolute Gasteiger partial charge is 0.0654 e. The van der Waals surface area contributed by atoms with Gasteiger partial charge >= 0.3 is 0 Å². The minimum absolute atomic E-state index is 0.0420. The molecule has 0 saturated carbocycles. The van der Waals surface area contributed by atoms with Crippen LogP contribution in [-0.2, 0) is 17.3 Å². The van der Waals surface area contributed by atoms with Gasteiger partial charge in [-0.2, -0.15) is 0 Å². The summed E-state index contributed by atoms with van der Waals surface area (Å²) in [5.74, 6) is 0. The van der Waals surface area contributed by atoms with Crippen molar-refractivity contribution in [2.45, 2.75) is 245 Å². The van der Waals surface area contributed by atoms with E-state index in [2.05, 4.69) is 139 Å². The van der Waals surface area contributed by atoms with Gasteiger partial charge in [-0.1, -0.05) is 278 Å². The van der Waals surface area contributed by atoms with Crippen molar-refractivity contribution in [1.82, 2.24) is 0 Å². The number of hydrogen-bond acceptors (Lipinski definition) is 0. The summed E-state index contributed by atoms with van der Waals surface area (Å²) in [7, 11) is 0. The average molecular weight is 936 g/mol.